The summed E-state index contributed by atoms with van der Waals surface area (Å²) in [6.07, 6.45) is 1.89. The summed E-state index contributed by atoms with van der Waals surface area (Å²) in [7, 11) is 0. The average molecular weight is 1100 g/mol. The number of halogens is 3. The standard InChI is InChI=1S/C74H66F3N5O/c1-44(2)46-31-47(45(3)4)33-48(32-46)60-34-50(74(8,9)10)35-61(71-62(76)37-51(75)38-63(71)77)72(60)80-43-79(67-25-17-18-26-68(67)80)52-39-53(81-64-22-14-11-19-56(64)57-20-12-15-23-65(57)81)41-55(40-52)83-54-27-28-59-58-21-13-16-24-66(58)82(69(59)42-54)70-36-49(29-30-78-70)73(5,6)7/h11-42,44-45H,43H2,1-10H3. The molecule has 0 aliphatic carbocycles. The quantitative estimate of drug-likeness (QED) is 0.137. The Hall–Kier alpha value is -9.08. The summed E-state index contributed by atoms with van der Waals surface area (Å²) in [4.78, 5) is 9.38. The van der Waals surface area contributed by atoms with E-state index in [-0.39, 0.29) is 29.5 Å². The van der Waals surface area contributed by atoms with Gasteiger partial charge in [-0.2, -0.15) is 0 Å². The molecule has 4 heterocycles. The number of nitrogens with zero attached hydrogens (tertiary/aromatic N) is 5. The number of rotatable bonds is 10. The van der Waals surface area contributed by atoms with Crippen LogP contribution in [0.25, 0.3) is 77.4 Å². The van der Waals surface area contributed by atoms with Crippen LogP contribution in [0.15, 0.2) is 194 Å². The number of hydrogen-bond acceptors (Lipinski definition) is 4. The monoisotopic (exact) mass is 1100 g/mol. The maximum Gasteiger partial charge on any atom is 0.137 e. The van der Waals surface area contributed by atoms with Crippen molar-refractivity contribution in [3.8, 4) is 45.3 Å². The summed E-state index contributed by atoms with van der Waals surface area (Å²) in [5.74, 6) is -0.464. The number of hydrogen-bond donors (Lipinski definition) is 0. The van der Waals surface area contributed by atoms with Crippen molar-refractivity contribution in [3.63, 3.8) is 0 Å². The molecule has 0 bridgehead atoms. The maximum absolute atomic E-state index is 16.8. The van der Waals surface area contributed by atoms with Crippen LogP contribution in [-0.2, 0) is 10.8 Å². The first-order chi connectivity index (χ1) is 39.8. The van der Waals surface area contributed by atoms with Crippen LogP contribution in [0.1, 0.15) is 103 Å². The van der Waals surface area contributed by atoms with E-state index in [1.165, 1.54) is 5.56 Å². The van der Waals surface area contributed by atoms with Gasteiger partial charge in [0.15, 0.2) is 0 Å². The molecule has 0 amide bonds. The zero-order chi connectivity index (χ0) is 57.8. The Morgan fingerprint density at radius 1 is 0.458 bits per heavy atom. The van der Waals surface area contributed by atoms with E-state index in [0.717, 1.165) is 112 Å². The predicted molar refractivity (Wildman–Crippen MR) is 338 cm³/mol. The Labute approximate surface area is 483 Å². The van der Waals surface area contributed by atoms with Gasteiger partial charge in [0.25, 0.3) is 0 Å². The van der Waals surface area contributed by atoms with Gasteiger partial charge >= 0.3 is 0 Å². The van der Waals surface area contributed by atoms with E-state index < -0.39 is 22.9 Å². The molecule has 9 heteroatoms. The highest BCUT2D eigenvalue weighted by atomic mass is 19.1. The maximum atomic E-state index is 16.8. The second-order valence-corrected chi connectivity index (χ2v) is 24.9. The lowest BCUT2D eigenvalue weighted by Gasteiger charge is -2.31. The van der Waals surface area contributed by atoms with E-state index in [1.54, 1.807) is 0 Å². The van der Waals surface area contributed by atoms with Gasteiger partial charge in [-0.1, -0.05) is 154 Å². The third kappa shape index (κ3) is 9.36. The lowest BCUT2D eigenvalue weighted by Crippen LogP contribution is -2.25. The molecule has 0 saturated heterocycles. The molecule has 3 aromatic heterocycles. The van der Waals surface area contributed by atoms with Crippen LogP contribution in [0.3, 0.4) is 0 Å². The molecular formula is C74H66F3N5O. The van der Waals surface area contributed by atoms with Gasteiger partial charge in [0.2, 0.25) is 0 Å². The van der Waals surface area contributed by atoms with Gasteiger partial charge in [0.05, 0.1) is 50.4 Å². The second-order valence-electron chi connectivity index (χ2n) is 24.9. The fourth-order valence-corrected chi connectivity index (χ4v) is 12.2. The summed E-state index contributed by atoms with van der Waals surface area (Å²) in [6, 6.07) is 62.9. The lowest BCUT2D eigenvalue weighted by molar-refractivity contribution is 0.483. The SMILES string of the molecule is CC(C)c1cc(-c2cc(C(C)(C)C)cc(-c3c(F)cc(F)cc3F)c2N2CN(c3cc(Oc4ccc5c6ccccc6n(-c6cc(C(C)(C)C)ccn6)c5c4)cc(-n4c5ccccc5c5ccccc54)c3)c3ccccc32)cc(C(C)C)c1. The minimum atomic E-state index is -0.979. The van der Waals surface area contributed by atoms with Crippen LogP contribution >= 0.6 is 0 Å². The third-order valence-corrected chi connectivity index (χ3v) is 16.6. The third-order valence-electron chi connectivity index (χ3n) is 16.6. The predicted octanol–water partition coefficient (Wildman–Crippen LogP) is 20.9. The van der Waals surface area contributed by atoms with Crippen molar-refractivity contribution in [2.45, 2.75) is 91.9 Å². The molecule has 414 valence electrons. The largest absolute Gasteiger partial charge is 0.457 e. The van der Waals surface area contributed by atoms with Gasteiger partial charge in [-0.25, -0.2) is 18.2 Å². The van der Waals surface area contributed by atoms with Gasteiger partial charge in [-0.05, 0) is 123 Å². The van der Waals surface area contributed by atoms with E-state index in [9.17, 15) is 0 Å². The number of fused-ring (bicyclic) bond motifs is 7. The highest BCUT2D eigenvalue weighted by Gasteiger charge is 2.35. The average Bonchev–Trinajstić information content (AvgIpc) is 3.45. The van der Waals surface area contributed by atoms with Gasteiger partial charge in [0.1, 0.15) is 41.4 Å². The molecule has 12 aromatic rings. The van der Waals surface area contributed by atoms with Gasteiger partial charge < -0.3 is 19.1 Å². The summed E-state index contributed by atoms with van der Waals surface area (Å²) in [5, 5.41) is 4.44. The molecule has 9 aromatic carbocycles. The van der Waals surface area contributed by atoms with Crippen LogP contribution in [0.2, 0.25) is 0 Å². The van der Waals surface area contributed by atoms with Crippen molar-refractivity contribution in [1.82, 2.24) is 14.1 Å². The topological polar surface area (TPSA) is 38.5 Å². The molecule has 0 radical (unpaired) electrons. The first-order valence-corrected chi connectivity index (χ1v) is 28.7. The first kappa shape index (κ1) is 53.2. The highest BCUT2D eigenvalue weighted by Crippen LogP contribution is 2.53. The number of aromatic nitrogens is 3. The highest BCUT2D eigenvalue weighted by molar-refractivity contribution is 6.11. The van der Waals surface area contributed by atoms with Gasteiger partial charge in [-0.3, -0.25) is 4.57 Å². The smallest absolute Gasteiger partial charge is 0.137 e. The Morgan fingerprint density at radius 2 is 0.988 bits per heavy atom. The molecular weight excluding hydrogens is 1030 g/mol. The Kier molecular flexibility index (Phi) is 12.9. The molecule has 1 aliphatic heterocycles. The normalized spacial score (nSPS) is 13.0. The summed E-state index contributed by atoms with van der Waals surface area (Å²) >= 11 is 0. The molecule has 1 aliphatic rings. The summed E-state index contributed by atoms with van der Waals surface area (Å²) < 4.78 is 60.4. The van der Waals surface area contributed by atoms with Crippen molar-refractivity contribution in [3.05, 3.63) is 234 Å². The summed E-state index contributed by atoms with van der Waals surface area (Å²) in [6.45, 7) is 22.0. The molecule has 13 rings (SSSR count). The molecule has 6 nitrogen and oxygen atoms in total. The number of benzene rings is 9. The van der Waals surface area contributed by atoms with E-state index in [4.69, 9.17) is 9.72 Å². The Bertz CT molecular complexity index is 4450. The zero-order valence-electron chi connectivity index (χ0n) is 48.6. The molecule has 0 atom stereocenters. The number of pyridine rings is 1. The second kappa shape index (κ2) is 20.1. The Balaban J connectivity index is 1.03. The van der Waals surface area contributed by atoms with E-state index in [0.29, 0.717) is 22.7 Å². The van der Waals surface area contributed by atoms with Crippen LogP contribution in [0, 0.1) is 17.5 Å². The molecule has 83 heavy (non-hydrogen) atoms. The van der Waals surface area contributed by atoms with Crippen molar-refractivity contribution >= 4 is 66.4 Å². The molecule has 0 unspecified atom stereocenters. The Morgan fingerprint density at radius 3 is 1.58 bits per heavy atom. The lowest BCUT2D eigenvalue weighted by atomic mass is 9.81. The van der Waals surface area contributed by atoms with Crippen molar-refractivity contribution in [2.75, 3.05) is 16.5 Å². The van der Waals surface area contributed by atoms with Crippen LogP contribution < -0.4 is 14.5 Å². The molecule has 0 fully saturated rings. The molecule has 0 saturated carbocycles. The van der Waals surface area contributed by atoms with Crippen molar-refractivity contribution in [2.24, 2.45) is 0 Å². The van der Waals surface area contributed by atoms with E-state index >= 15 is 13.2 Å². The minimum absolute atomic E-state index is 0.0897. The number of anilines is 4. The molecule has 0 N–H and O–H groups in total. The molecule has 0 spiro atoms. The van der Waals surface area contributed by atoms with E-state index in [2.05, 4.69) is 240 Å². The summed E-state index contributed by atoms with van der Waals surface area (Å²) in [5.41, 5.74) is 13.7. The van der Waals surface area contributed by atoms with Crippen LogP contribution in [-0.4, -0.2) is 20.8 Å². The minimum Gasteiger partial charge on any atom is -0.457 e. The van der Waals surface area contributed by atoms with Crippen LogP contribution in [0.5, 0.6) is 11.5 Å². The van der Waals surface area contributed by atoms with Gasteiger partial charge in [-0.15, -0.1) is 0 Å². The van der Waals surface area contributed by atoms with E-state index in [1.807, 2.05) is 30.5 Å². The fraction of sp³-hybridized carbons (Fsp3) is 0.203. The van der Waals surface area contributed by atoms with Crippen molar-refractivity contribution in [1.29, 1.82) is 0 Å². The first-order valence-electron chi connectivity index (χ1n) is 28.7. The number of ether oxygens (including phenoxy) is 1. The van der Waals surface area contributed by atoms with Crippen molar-refractivity contribution < 1.29 is 17.9 Å². The van der Waals surface area contributed by atoms with Crippen LogP contribution in [0.4, 0.5) is 35.9 Å². The number of para-hydroxylation sites is 5. The van der Waals surface area contributed by atoms with Gasteiger partial charge in [0, 0.05) is 74.9 Å². The zero-order valence-corrected chi connectivity index (χ0v) is 48.6. The fourth-order valence-electron chi connectivity index (χ4n) is 12.2.